The van der Waals surface area contributed by atoms with Crippen molar-refractivity contribution < 1.29 is 9.13 Å². The van der Waals surface area contributed by atoms with Gasteiger partial charge in [-0.05, 0) is 31.0 Å². The van der Waals surface area contributed by atoms with Gasteiger partial charge in [0, 0.05) is 31.0 Å². The van der Waals surface area contributed by atoms with Crippen LogP contribution in [0.15, 0.2) is 23.6 Å². The van der Waals surface area contributed by atoms with Crippen LogP contribution in [0.5, 0.6) is 0 Å². The Morgan fingerprint density at radius 3 is 3.09 bits per heavy atom. The largest absolute Gasteiger partial charge is 0.372 e. The molecule has 3 nitrogen and oxygen atoms in total. The molecule has 0 bridgehead atoms. The molecule has 1 aromatic carbocycles. The zero-order valence-corrected chi connectivity index (χ0v) is 13.9. The first-order valence-electron chi connectivity index (χ1n) is 7.34. The molecule has 1 aliphatic heterocycles. The maximum Gasteiger partial charge on any atom is 0.142 e. The third-order valence-electron chi connectivity index (χ3n) is 3.82. The highest BCUT2D eigenvalue weighted by Crippen LogP contribution is 2.31. The Hall–Kier alpha value is -1.01. The summed E-state index contributed by atoms with van der Waals surface area (Å²) in [5.41, 5.74) is 1.95. The van der Waals surface area contributed by atoms with Crippen molar-refractivity contribution in [3.8, 4) is 0 Å². The van der Waals surface area contributed by atoms with Crippen LogP contribution in [0.25, 0.3) is 0 Å². The number of nitrogens with one attached hydrogen (secondary N) is 1. The predicted molar refractivity (Wildman–Crippen MR) is 87.1 cm³/mol. The Morgan fingerprint density at radius 1 is 1.50 bits per heavy atom. The molecular formula is C16H18ClFN2OS. The van der Waals surface area contributed by atoms with Gasteiger partial charge in [0.2, 0.25) is 0 Å². The Kier molecular flexibility index (Phi) is 5.08. The zero-order valence-electron chi connectivity index (χ0n) is 12.3. The second-order valence-electron chi connectivity index (χ2n) is 5.42. The Balaban J connectivity index is 1.59. The Labute approximate surface area is 138 Å². The smallest absolute Gasteiger partial charge is 0.142 e. The van der Waals surface area contributed by atoms with Crippen LogP contribution >= 0.6 is 22.9 Å². The van der Waals surface area contributed by atoms with Crippen LogP contribution in [0, 0.1) is 12.7 Å². The van der Waals surface area contributed by atoms with Gasteiger partial charge in [0.25, 0.3) is 0 Å². The van der Waals surface area contributed by atoms with E-state index in [1.165, 1.54) is 6.07 Å². The second kappa shape index (κ2) is 7.04. The molecule has 1 N–H and O–H groups in total. The number of aryl methyl sites for hydroxylation is 1. The van der Waals surface area contributed by atoms with Crippen LogP contribution in [-0.2, 0) is 11.2 Å². The van der Waals surface area contributed by atoms with E-state index in [1.807, 2.05) is 13.0 Å². The van der Waals surface area contributed by atoms with Crippen LogP contribution in [0.3, 0.4) is 0 Å². The maximum atomic E-state index is 13.6. The molecule has 1 aromatic heterocycles. The third kappa shape index (κ3) is 3.66. The predicted octanol–water partition coefficient (Wildman–Crippen LogP) is 3.91. The highest BCUT2D eigenvalue weighted by Gasteiger charge is 2.29. The first kappa shape index (κ1) is 15.9. The number of ether oxygens (including phenoxy) is 1. The van der Waals surface area contributed by atoms with Gasteiger partial charge in [0.05, 0.1) is 21.8 Å². The van der Waals surface area contributed by atoms with Crippen LogP contribution < -0.4 is 5.32 Å². The van der Waals surface area contributed by atoms with Gasteiger partial charge < -0.3 is 10.1 Å². The van der Waals surface area contributed by atoms with E-state index in [0.717, 1.165) is 35.7 Å². The van der Waals surface area contributed by atoms with Crippen molar-refractivity contribution in [2.45, 2.75) is 31.9 Å². The third-order valence-corrected chi connectivity index (χ3v) is 4.95. The van der Waals surface area contributed by atoms with Gasteiger partial charge in [-0.15, -0.1) is 11.3 Å². The van der Waals surface area contributed by atoms with E-state index < -0.39 is 5.82 Å². The monoisotopic (exact) mass is 340 g/mol. The fraction of sp³-hybridized carbons (Fsp3) is 0.438. The number of hydrogen-bond acceptors (Lipinski definition) is 4. The van der Waals surface area contributed by atoms with Crippen molar-refractivity contribution in [1.29, 1.82) is 0 Å². The first-order chi connectivity index (χ1) is 10.6. The van der Waals surface area contributed by atoms with Gasteiger partial charge in [-0.3, -0.25) is 0 Å². The van der Waals surface area contributed by atoms with Crippen molar-refractivity contribution in [2.75, 3.05) is 13.2 Å². The molecule has 2 heterocycles. The maximum absolute atomic E-state index is 13.6. The molecular weight excluding hydrogens is 323 g/mol. The Bertz CT molecular complexity index is 649. The molecule has 1 fully saturated rings. The van der Waals surface area contributed by atoms with Crippen molar-refractivity contribution in [1.82, 2.24) is 10.3 Å². The molecule has 22 heavy (non-hydrogen) atoms. The van der Waals surface area contributed by atoms with Gasteiger partial charge in [-0.25, -0.2) is 9.37 Å². The molecule has 0 unspecified atom stereocenters. The molecule has 2 aromatic rings. The molecule has 2 atom stereocenters. The number of hydrogen-bond donors (Lipinski definition) is 1. The van der Waals surface area contributed by atoms with E-state index in [4.69, 9.17) is 16.3 Å². The van der Waals surface area contributed by atoms with Gasteiger partial charge in [-0.2, -0.15) is 0 Å². The molecule has 118 valence electrons. The minimum atomic E-state index is -0.397. The molecule has 6 heteroatoms. The first-order valence-corrected chi connectivity index (χ1v) is 8.60. The molecule has 0 amide bonds. The summed E-state index contributed by atoms with van der Waals surface area (Å²) in [6, 6.07) is 5.08. The van der Waals surface area contributed by atoms with E-state index in [-0.39, 0.29) is 17.2 Å². The fourth-order valence-corrected chi connectivity index (χ4v) is 3.49. The van der Waals surface area contributed by atoms with Crippen molar-refractivity contribution in [3.63, 3.8) is 0 Å². The number of rotatable bonds is 5. The second-order valence-corrected chi connectivity index (χ2v) is 6.89. The number of aromatic nitrogens is 1. The molecule has 0 spiro atoms. The van der Waals surface area contributed by atoms with Crippen LogP contribution in [0.1, 0.15) is 28.8 Å². The summed E-state index contributed by atoms with van der Waals surface area (Å²) in [4.78, 5) is 4.46. The summed E-state index contributed by atoms with van der Waals surface area (Å²) >= 11 is 7.41. The van der Waals surface area contributed by atoms with E-state index in [0.29, 0.717) is 6.61 Å². The summed E-state index contributed by atoms with van der Waals surface area (Å²) in [5.74, 6) is -0.397. The van der Waals surface area contributed by atoms with Crippen LogP contribution in [-0.4, -0.2) is 24.2 Å². The molecule has 1 aliphatic rings. The Morgan fingerprint density at radius 2 is 2.36 bits per heavy atom. The molecule has 3 rings (SSSR count). The molecule has 0 aliphatic carbocycles. The van der Waals surface area contributed by atoms with Crippen molar-refractivity contribution in [3.05, 3.63) is 50.7 Å². The SMILES string of the molecule is Cc1nc(CCN[C@@H]2CCO[C@@H]2c2ccc(Cl)c(F)c2)cs1. The number of benzene rings is 1. The van der Waals surface area contributed by atoms with Gasteiger partial charge in [0.15, 0.2) is 0 Å². The summed E-state index contributed by atoms with van der Waals surface area (Å²) in [6.45, 7) is 3.53. The molecule has 1 saturated heterocycles. The summed E-state index contributed by atoms with van der Waals surface area (Å²) in [7, 11) is 0. The number of thiazole rings is 1. The summed E-state index contributed by atoms with van der Waals surface area (Å²) < 4.78 is 19.4. The fourth-order valence-electron chi connectivity index (χ4n) is 2.73. The lowest BCUT2D eigenvalue weighted by Crippen LogP contribution is -2.33. The molecule has 0 radical (unpaired) electrons. The van der Waals surface area contributed by atoms with Crippen LogP contribution in [0.4, 0.5) is 4.39 Å². The highest BCUT2D eigenvalue weighted by molar-refractivity contribution is 7.09. The summed E-state index contributed by atoms with van der Waals surface area (Å²) in [6.07, 6.45) is 1.69. The van der Waals surface area contributed by atoms with Crippen molar-refractivity contribution >= 4 is 22.9 Å². The van der Waals surface area contributed by atoms with Gasteiger partial charge in [0.1, 0.15) is 5.82 Å². The highest BCUT2D eigenvalue weighted by atomic mass is 35.5. The number of nitrogens with zero attached hydrogens (tertiary/aromatic N) is 1. The van der Waals surface area contributed by atoms with E-state index in [9.17, 15) is 4.39 Å². The standard InChI is InChI=1S/C16H18ClFN2OS/c1-10-20-12(9-22-10)4-6-19-15-5-7-21-16(15)11-2-3-13(17)14(18)8-11/h2-3,8-9,15-16,19H,4-7H2,1H3/t15-,16-/m1/s1. The average Bonchev–Trinajstić information content (AvgIpc) is 3.11. The lowest BCUT2D eigenvalue weighted by atomic mass is 10.0. The quantitative estimate of drug-likeness (QED) is 0.896. The molecule has 0 saturated carbocycles. The lowest BCUT2D eigenvalue weighted by Gasteiger charge is -2.20. The van der Waals surface area contributed by atoms with E-state index in [1.54, 1.807) is 17.4 Å². The van der Waals surface area contributed by atoms with E-state index >= 15 is 0 Å². The summed E-state index contributed by atoms with van der Waals surface area (Å²) in [5, 5.41) is 6.83. The van der Waals surface area contributed by atoms with Crippen LogP contribution in [0.2, 0.25) is 5.02 Å². The minimum absolute atomic E-state index is 0.121. The lowest BCUT2D eigenvalue weighted by molar-refractivity contribution is 0.0986. The van der Waals surface area contributed by atoms with E-state index in [2.05, 4.69) is 15.7 Å². The van der Waals surface area contributed by atoms with Gasteiger partial charge in [-0.1, -0.05) is 17.7 Å². The normalized spacial score (nSPS) is 21.4. The van der Waals surface area contributed by atoms with Crippen molar-refractivity contribution in [2.24, 2.45) is 0 Å². The zero-order chi connectivity index (χ0) is 15.5. The average molecular weight is 341 g/mol. The minimum Gasteiger partial charge on any atom is -0.372 e. The number of halogens is 2. The van der Waals surface area contributed by atoms with Gasteiger partial charge >= 0.3 is 0 Å². The topological polar surface area (TPSA) is 34.2 Å².